The number of amides is 2. The van der Waals surface area contributed by atoms with Gasteiger partial charge in [0.1, 0.15) is 5.76 Å². The molecule has 2 heterocycles. The summed E-state index contributed by atoms with van der Waals surface area (Å²) in [6.45, 7) is 10.5. The van der Waals surface area contributed by atoms with Crippen LogP contribution in [0.3, 0.4) is 0 Å². The van der Waals surface area contributed by atoms with Gasteiger partial charge in [0, 0.05) is 43.2 Å². The van der Waals surface area contributed by atoms with Crippen molar-refractivity contribution >= 4 is 33.3 Å². The Kier molecular flexibility index (Phi) is 6.75. The number of rotatable bonds is 7. The van der Waals surface area contributed by atoms with Crippen molar-refractivity contribution in [2.24, 2.45) is 5.92 Å². The molecular formula is C22H30N4O5S. The van der Waals surface area contributed by atoms with Crippen molar-refractivity contribution in [3.05, 3.63) is 36.1 Å². The molecule has 1 aliphatic rings. The topological polar surface area (TPSA) is 113 Å². The van der Waals surface area contributed by atoms with E-state index in [0.717, 1.165) is 0 Å². The van der Waals surface area contributed by atoms with Crippen LogP contribution in [0.1, 0.15) is 46.8 Å². The molecule has 1 aliphatic heterocycles. The van der Waals surface area contributed by atoms with E-state index in [1.54, 1.807) is 32.0 Å². The third-order valence-corrected chi connectivity index (χ3v) is 7.55. The first kappa shape index (κ1) is 23.9. The standard InChI is InChI=1S/C22H30N4O5S/c1-6-25(7-2)32(29,30)17-10-8-16(9-11-17)26-14-15(12-20(26)27)21(28)23-19-13-18(31-24-19)22(3,4)5/h8-11,13,15H,6-7,12,14H2,1-5H3,(H,23,24,28). The molecule has 32 heavy (non-hydrogen) atoms. The largest absolute Gasteiger partial charge is 0.359 e. The maximum atomic E-state index is 12.7. The van der Waals surface area contributed by atoms with Crippen molar-refractivity contribution in [1.29, 1.82) is 0 Å². The summed E-state index contributed by atoms with van der Waals surface area (Å²) in [5.41, 5.74) is 0.321. The van der Waals surface area contributed by atoms with Gasteiger partial charge in [-0.1, -0.05) is 39.8 Å². The molecular weight excluding hydrogens is 432 g/mol. The van der Waals surface area contributed by atoms with Crippen LogP contribution in [0.2, 0.25) is 0 Å². The van der Waals surface area contributed by atoms with Crippen LogP contribution in [0.15, 0.2) is 39.8 Å². The van der Waals surface area contributed by atoms with Gasteiger partial charge in [-0.15, -0.1) is 0 Å². The van der Waals surface area contributed by atoms with Crippen LogP contribution in [0.4, 0.5) is 11.5 Å². The minimum absolute atomic E-state index is 0.0648. The molecule has 0 spiro atoms. The fourth-order valence-corrected chi connectivity index (χ4v) is 5.02. The normalized spacial score (nSPS) is 17.2. The van der Waals surface area contributed by atoms with Crippen molar-refractivity contribution in [3.8, 4) is 0 Å². The number of aromatic nitrogens is 1. The summed E-state index contributed by atoms with van der Waals surface area (Å²) >= 11 is 0. The molecule has 9 nitrogen and oxygen atoms in total. The molecule has 3 rings (SSSR count). The molecule has 2 amide bonds. The van der Waals surface area contributed by atoms with Crippen LogP contribution in [0.25, 0.3) is 0 Å². The summed E-state index contributed by atoms with van der Waals surface area (Å²) in [6.07, 6.45) is 0.0648. The lowest BCUT2D eigenvalue weighted by atomic mass is 9.93. The number of sulfonamides is 1. The Morgan fingerprint density at radius 1 is 1.22 bits per heavy atom. The van der Waals surface area contributed by atoms with E-state index in [2.05, 4.69) is 10.5 Å². The molecule has 1 unspecified atom stereocenters. The van der Waals surface area contributed by atoms with Gasteiger partial charge in [0.25, 0.3) is 0 Å². The van der Waals surface area contributed by atoms with Crippen LogP contribution < -0.4 is 10.2 Å². The lowest BCUT2D eigenvalue weighted by Gasteiger charge is -2.20. The van der Waals surface area contributed by atoms with Crippen molar-refractivity contribution < 1.29 is 22.5 Å². The zero-order valence-electron chi connectivity index (χ0n) is 19.1. The SMILES string of the molecule is CCN(CC)S(=O)(=O)c1ccc(N2CC(C(=O)Nc3cc(C(C)(C)C)on3)CC2=O)cc1. The smallest absolute Gasteiger partial charge is 0.243 e. The summed E-state index contributed by atoms with van der Waals surface area (Å²) in [7, 11) is -3.57. The van der Waals surface area contributed by atoms with Crippen LogP contribution in [0, 0.1) is 5.92 Å². The number of carbonyl (C=O) groups excluding carboxylic acids is 2. The molecule has 1 atom stereocenters. The van der Waals surface area contributed by atoms with E-state index < -0.39 is 15.9 Å². The number of nitrogens with zero attached hydrogens (tertiary/aromatic N) is 3. The lowest BCUT2D eigenvalue weighted by Crippen LogP contribution is -2.31. The predicted octanol–water partition coefficient (Wildman–Crippen LogP) is 2.99. The first-order valence-corrected chi connectivity index (χ1v) is 12.1. The monoisotopic (exact) mass is 462 g/mol. The van der Waals surface area contributed by atoms with E-state index in [9.17, 15) is 18.0 Å². The minimum atomic E-state index is -3.57. The fraction of sp³-hybridized carbons (Fsp3) is 0.500. The number of hydrogen-bond acceptors (Lipinski definition) is 6. The van der Waals surface area contributed by atoms with Crippen LogP contribution in [0.5, 0.6) is 0 Å². The zero-order chi connectivity index (χ0) is 23.7. The van der Waals surface area contributed by atoms with E-state index in [-0.39, 0.29) is 35.1 Å². The highest BCUT2D eigenvalue weighted by molar-refractivity contribution is 7.89. The second kappa shape index (κ2) is 9.03. The Bertz CT molecular complexity index is 1080. The van der Waals surface area contributed by atoms with Crippen molar-refractivity contribution in [2.75, 3.05) is 29.9 Å². The van der Waals surface area contributed by atoms with Crippen molar-refractivity contribution in [2.45, 2.75) is 51.3 Å². The third-order valence-electron chi connectivity index (χ3n) is 5.49. The number of nitrogens with one attached hydrogen (secondary N) is 1. The molecule has 0 aliphatic carbocycles. The molecule has 10 heteroatoms. The molecule has 1 aromatic carbocycles. The molecule has 1 fully saturated rings. The molecule has 1 aromatic heterocycles. The zero-order valence-corrected chi connectivity index (χ0v) is 19.9. The second-order valence-corrected chi connectivity index (χ2v) is 10.7. The number of anilines is 2. The van der Waals surface area contributed by atoms with Crippen LogP contribution in [-0.4, -0.2) is 49.3 Å². The third kappa shape index (κ3) is 4.86. The van der Waals surface area contributed by atoms with Gasteiger partial charge in [0.15, 0.2) is 5.82 Å². The van der Waals surface area contributed by atoms with Crippen LogP contribution >= 0.6 is 0 Å². The van der Waals surface area contributed by atoms with Gasteiger partial charge < -0.3 is 14.7 Å². The molecule has 1 N–H and O–H groups in total. The van der Waals surface area contributed by atoms with E-state index in [1.165, 1.54) is 21.3 Å². The maximum Gasteiger partial charge on any atom is 0.243 e. The first-order valence-electron chi connectivity index (χ1n) is 10.7. The quantitative estimate of drug-likeness (QED) is 0.677. The van der Waals surface area contributed by atoms with E-state index in [4.69, 9.17) is 4.52 Å². The summed E-state index contributed by atoms with van der Waals surface area (Å²) in [6, 6.07) is 7.87. The van der Waals surface area contributed by atoms with E-state index >= 15 is 0 Å². The molecule has 2 aromatic rings. The fourth-order valence-electron chi connectivity index (χ4n) is 3.56. The average Bonchev–Trinajstić information content (AvgIpc) is 3.35. The van der Waals surface area contributed by atoms with Gasteiger partial charge in [-0.3, -0.25) is 9.59 Å². The van der Waals surface area contributed by atoms with Gasteiger partial charge in [0.2, 0.25) is 21.8 Å². The van der Waals surface area contributed by atoms with Gasteiger partial charge in [-0.05, 0) is 24.3 Å². The summed E-state index contributed by atoms with van der Waals surface area (Å²) in [5, 5.41) is 6.60. The highest BCUT2D eigenvalue weighted by Crippen LogP contribution is 2.29. The second-order valence-electron chi connectivity index (χ2n) is 8.80. The molecule has 0 saturated carbocycles. The average molecular weight is 463 g/mol. The van der Waals surface area contributed by atoms with Crippen LogP contribution in [-0.2, 0) is 25.0 Å². The highest BCUT2D eigenvalue weighted by atomic mass is 32.2. The molecule has 1 saturated heterocycles. The predicted molar refractivity (Wildman–Crippen MR) is 121 cm³/mol. The summed E-state index contributed by atoms with van der Waals surface area (Å²) in [4.78, 5) is 26.9. The minimum Gasteiger partial charge on any atom is -0.359 e. The Labute approximate surface area is 188 Å². The van der Waals surface area contributed by atoms with E-state index in [1.807, 2.05) is 20.8 Å². The maximum absolute atomic E-state index is 12.7. The van der Waals surface area contributed by atoms with Gasteiger partial charge in [-0.2, -0.15) is 4.31 Å². The Morgan fingerprint density at radius 3 is 2.38 bits per heavy atom. The molecule has 174 valence electrons. The number of hydrogen-bond donors (Lipinski definition) is 1. The highest BCUT2D eigenvalue weighted by Gasteiger charge is 2.36. The van der Waals surface area contributed by atoms with E-state index in [0.29, 0.717) is 30.4 Å². The lowest BCUT2D eigenvalue weighted by molar-refractivity contribution is -0.122. The van der Waals surface area contributed by atoms with Crippen molar-refractivity contribution in [3.63, 3.8) is 0 Å². The summed E-state index contributed by atoms with van der Waals surface area (Å²) < 4.78 is 32.0. The van der Waals surface area contributed by atoms with Gasteiger partial charge >= 0.3 is 0 Å². The van der Waals surface area contributed by atoms with Gasteiger partial charge in [-0.25, -0.2) is 8.42 Å². The number of benzene rings is 1. The first-order chi connectivity index (χ1) is 15.0. The summed E-state index contributed by atoms with van der Waals surface area (Å²) in [5.74, 6) is -0.0831. The van der Waals surface area contributed by atoms with Gasteiger partial charge in [0.05, 0.1) is 10.8 Å². The Morgan fingerprint density at radius 2 is 1.84 bits per heavy atom. The van der Waals surface area contributed by atoms with Crippen molar-refractivity contribution in [1.82, 2.24) is 9.46 Å². The Hall–Kier alpha value is -2.72. The molecule has 0 radical (unpaired) electrons. The number of carbonyl (C=O) groups is 2. The Balaban J connectivity index is 1.69. The molecule has 0 bridgehead atoms.